The predicted octanol–water partition coefficient (Wildman–Crippen LogP) is 3.55. The van der Waals surface area contributed by atoms with Gasteiger partial charge in [-0.2, -0.15) is 0 Å². The normalized spacial score (nSPS) is 10.1. The Balaban J connectivity index is 2.43. The molecule has 0 saturated heterocycles. The molecule has 0 aliphatic rings. The molecule has 1 aromatic carbocycles. The minimum Gasteiger partial charge on any atom is -0.465 e. The number of nitrogens with one attached hydrogen (secondary N) is 1. The molecule has 16 heavy (non-hydrogen) atoms. The molecule has 2 aromatic rings. The van der Waals surface area contributed by atoms with Gasteiger partial charge in [0.15, 0.2) is 0 Å². The average molecular weight is 255 g/mol. The van der Waals surface area contributed by atoms with Crippen LogP contribution in [0.1, 0.15) is 0 Å². The van der Waals surface area contributed by atoms with Gasteiger partial charge in [0.2, 0.25) is 0 Å². The van der Waals surface area contributed by atoms with Crippen molar-refractivity contribution in [2.75, 3.05) is 5.32 Å². The van der Waals surface area contributed by atoms with Crippen LogP contribution in [0.25, 0.3) is 10.6 Å². The van der Waals surface area contributed by atoms with E-state index in [1.54, 1.807) is 23.6 Å². The van der Waals surface area contributed by atoms with E-state index in [1.807, 2.05) is 6.07 Å². The minimum atomic E-state index is -1.10. The summed E-state index contributed by atoms with van der Waals surface area (Å²) in [6.45, 7) is 0. The van der Waals surface area contributed by atoms with Crippen molar-refractivity contribution in [1.82, 2.24) is 4.98 Å². The first kappa shape index (κ1) is 10.9. The van der Waals surface area contributed by atoms with Crippen LogP contribution in [0.2, 0.25) is 5.15 Å². The Labute approximate surface area is 101 Å². The van der Waals surface area contributed by atoms with Gasteiger partial charge in [-0.3, -0.25) is 5.32 Å². The van der Waals surface area contributed by atoms with E-state index in [9.17, 15) is 4.79 Å². The number of thiazole rings is 1. The second kappa shape index (κ2) is 4.51. The van der Waals surface area contributed by atoms with Gasteiger partial charge in [-0.1, -0.05) is 23.7 Å². The zero-order chi connectivity index (χ0) is 11.5. The molecule has 2 rings (SSSR count). The molecule has 0 fully saturated rings. The maximum Gasteiger partial charge on any atom is 0.409 e. The number of carboxylic acid groups (broad SMARTS) is 1. The van der Waals surface area contributed by atoms with Gasteiger partial charge in [-0.15, -0.1) is 11.3 Å². The summed E-state index contributed by atoms with van der Waals surface area (Å²) in [5.41, 5.74) is 1.22. The van der Waals surface area contributed by atoms with E-state index in [0.717, 1.165) is 5.56 Å². The zero-order valence-electron chi connectivity index (χ0n) is 7.98. The highest BCUT2D eigenvalue weighted by Crippen LogP contribution is 2.31. The van der Waals surface area contributed by atoms with Gasteiger partial charge in [0, 0.05) is 10.9 Å². The van der Waals surface area contributed by atoms with Gasteiger partial charge in [0.05, 0.1) is 5.69 Å². The van der Waals surface area contributed by atoms with Crippen molar-refractivity contribution in [3.63, 3.8) is 0 Å². The van der Waals surface area contributed by atoms with Crippen molar-refractivity contribution in [3.05, 3.63) is 34.8 Å². The Bertz CT molecular complexity index is 527. The van der Waals surface area contributed by atoms with Gasteiger partial charge in [0.25, 0.3) is 0 Å². The van der Waals surface area contributed by atoms with Crippen molar-refractivity contribution < 1.29 is 9.90 Å². The molecule has 82 valence electrons. The number of anilines is 1. The van der Waals surface area contributed by atoms with E-state index in [2.05, 4.69) is 10.3 Å². The highest BCUT2D eigenvalue weighted by Gasteiger charge is 2.09. The summed E-state index contributed by atoms with van der Waals surface area (Å²) in [5.74, 6) is 0. The summed E-state index contributed by atoms with van der Waals surface area (Å²) in [7, 11) is 0. The Morgan fingerprint density at radius 3 is 2.81 bits per heavy atom. The van der Waals surface area contributed by atoms with Crippen LogP contribution in [0.15, 0.2) is 29.6 Å². The van der Waals surface area contributed by atoms with Crippen molar-refractivity contribution in [1.29, 1.82) is 0 Å². The fraction of sp³-hybridized carbons (Fsp3) is 0. The highest BCUT2D eigenvalue weighted by molar-refractivity contribution is 7.13. The topological polar surface area (TPSA) is 62.2 Å². The molecule has 1 heterocycles. The smallest absolute Gasteiger partial charge is 0.409 e. The third-order valence-electron chi connectivity index (χ3n) is 1.88. The number of hydrogen-bond acceptors (Lipinski definition) is 3. The predicted molar refractivity (Wildman–Crippen MR) is 64.2 cm³/mol. The summed E-state index contributed by atoms with van der Waals surface area (Å²) in [5, 5.41) is 13.8. The number of rotatable bonds is 2. The van der Waals surface area contributed by atoms with E-state index in [0.29, 0.717) is 15.8 Å². The number of halogens is 1. The summed E-state index contributed by atoms with van der Waals surface area (Å²) >= 11 is 7.10. The van der Waals surface area contributed by atoms with E-state index in [-0.39, 0.29) is 0 Å². The molecule has 0 bridgehead atoms. The third-order valence-corrected chi connectivity index (χ3v) is 3.07. The second-order valence-electron chi connectivity index (χ2n) is 2.95. The molecule has 0 unspecified atom stereocenters. The molecular formula is C10H7ClN2O2S. The van der Waals surface area contributed by atoms with Crippen LogP contribution in [0, 0.1) is 0 Å². The van der Waals surface area contributed by atoms with Crippen molar-refractivity contribution in [3.8, 4) is 10.6 Å². The molecule has 2 N–H and O–H groups in total. The number of carbonyl (C=O) groups is 1. The SMILES string of the molecule is O=C(O)Nc1ccccc1-c1nc(Cl)cs1. The third kappa shape index (κ3) is 2.32. The Morgan fingerprint density at radius 2 is 2.19 bits per heavy atom. The molecule has 4 nitrogen and oxygen atoms in total. The molecular weight excluding hydrogens is 248 g/mol. The van der Waals surface area contributed by atoms with Gasteiger partial charge in [-0.25, -0.2) is 9.78 Å². The van der Waals surface area contributed by atoms with Crippen molar-refractivity contribution >= 4 is 34.7 Å². The van der Waals surface area contributed by atoms with E-state index in [1.165, 1.54) is 11.3 Å². The van der Waals surface area contributed by atoms with Crippen molar-refractivity contribution in [2.45, 2.75) is 0 Å². The number of aromatic nitrogens is 1. The van der Waals surface area contributed by atoms with E-state index >= 15 is 0 Å². The largest absolute Gasteiger partial charge is 0.465 e. The second-order valence-corrected chi connectivity index (χ2v) is 4.20. The maximum absolute atomic E-state index is 10.6. The van der Waals surface area contributed by atoms with E-state index in [4.69, 9.17) is 16.7 Å². The average Bonchev–Trinajstić information content (AvgIpc) is 2.65. The van der Waals surface area contributed by atoms with Crippen LogP contribution in [-0.4, -0.2) is 16.2 Å². The summed E-state index contributed by atoms with van der Waals surface area (Å²) in [4.78, 5) is 14.7. The van der Waals surface area contributed by atoms with Gasteiger partial charge in [0.1, 0.15) is 10.2 Å². The highest BCUT2D eigenvalue weighted by atomic mass is 35.5. The fourth-order valence-corrected chi connectivity index (χ4v) is 2.26. The van der Waals surface area contributed by atoms with Gasteiger partial charge in [-0.05, 0) is 12.1 Å². The van der Waals surface area contributed by atoms with Crippen LogP contribution >= 0.6 is 22.9 Å². The number of hydrogen-bond donors (Lipinski definition) is 2. The van der Waals surface area contributed by atoms with Gasteiger partial charge < -0.3 is 5.11 Å². The summed E-state index contributed by atoms with van der Waals surface area (Å²) in [6, 6.07) is 7.04. The standard InChI is InChI=1S/C10H7ClN2O2S/c11-8-5-16-9(13-8)6-3-1-2-4-7(6)12-10(14)15/h1-5,12H,(H,14,15). The molecule has 0 saturated carbocycles. The number of amides is 1. The first-order chi connectivity index (χ1) is 7.66. The lowest BCUT2D eigenvalue weighted by atomic mass is 10.2. The quantitative estimate of drug-likeness (QED) is 0.861. The molecule has 0 radical (unpaired) electrons. The van der Waals surface area contributed by atoms with Crippen molar-refractivity contribution in [2.24, 2.45) is 0 Å². The number of para-hydroxylation sites is 1. The Kier molecular flexibility index (Phi) is 3.07. The fourth-order valence-electron chi connectivity index (χ4n) is 1.27. The first-order valence-corrected chi connectivity index (χ1v) is 5.63. The molecule has 0 aliphatic carbocycles. The van der Waals surface area contributed by atoms with Crippen LogP contribution in [-0.2, 0) is 0 Å². The maximum atomic E-state index is 10.6. The molecule has 0 aliphatic heterocycles. The molecule has 6 heteroatoms. The number of benzene rings is 1. The molecule has 1 aromatic heterocycles. The van der Waals surface area contributed by atoms with Crippen LogP contribution in [0.3, 0.4) is 0 Å². The lowest BCUT2D eigenvalue weighted by molar-refractivity contribution is 0.210. The summed E-state index contributed by atoms with van der Waals surface area (Å²) < 4.78 is 0. The summed E-state index contributed by atoms with van der Waals surface area (Å²) in [6.07, 6.45) is -1.10. The molecule has 1 amide bonds. The lowest BCUT2D eigenvalue weighted by Crippen LogP contribution is -2.07. The first-order valence-electron chi connectivity index (χ1n) is 4.37. The lowest BCUT2D eigenvalue weighted by Gasteiger charge is -2.05. The monoisotopic (exact) mass is 254 g/mol. The Morgan fingerprint density at radius 1 is 1.44 bits per heavy atom. The van der Waals surface area contributed by atoms with Crippen LogP contribution < -0.4 is 5.32 Å². The van der Waals surface area contributed by atoms with Crippen LogP contribution in [0.5, 0.6) is 0 Å². The van der Waals surface area contributed by atoms with E-state index < -0.39 is 6.09 Å². The zero-order valence-corrected chi connectivity index (χ0v) is 9.55. The Hall–Kier alpha value is -1.59. The minimum absolute atomic E-state index is 0.408. The molecule has 0 atom stereocenters. The molecule has 0 spiro atoms. The van der Waals surface area contributed by atoms with Crippen LogP contribution in [0.4, 0.5) is 10.5 Å². The van der Waals surface area contributed by atoms with Gasteiger partial charge >= 0.3 is 6.09 Å². The number of nitrogens with zero attached hydrogens (tertiary/aromatic N) is 1.